The fraction of sp³-hybridized carbons (Fsp3) is 0.250. The Morgan fingerprint density at radius 1 is 1.50 bits per heavy atom. The first-order valence-corrected chi connectivity index (χ1v) is 4.96. The van der Waals surface area contributed by atoms with Gasteiger partial charge in [0, 0.05) is 6.42 Å². The molecule has 0 spiro atoms. The molecule has 2 aromatic heterocycles. The third kappa shape index (κ3) is 1.85. The molecule has 0 amide bonds. The monoisotopic (exact) mass is 256 g/mol. The van der Waals surface area contributed by atoms with Gasteiger partial charge in [0.05, 0.1) is 0 Å². The fourth-order valence-corrected chi connectivity index (χ4v) is 1.40. The molecule has 5 nitrogen and oxygen atoms in total. The first kappa shape index (κ1) is 9.42. The van der Waals surface area contributed by atoms with Crippen LogP contribution in [0.1, 0.15) is 5.82 Å². The quantitative estimate of drug-likeness (QED) is 0.869. The van der Waals surface area contributed by atoms with Gasteiger partial charge in [0.2, 0.25) is 5.82 Å². The molecule has 2 heterocycles. The van der Waals surface area contributed by atoms with E-state index in [1.807, 2.05) is 0 Å². The number of rotatable bonds is 3. The van der Waals surface area contributed by atoms with Gasteiger partial charge in [-0.25, -0.2) is 4.98 Å². The van der Waals surface area contributed by atoms with Crippen molar-refractivity contribution in [2.75, 3.05) is 6.54 Å². The Balaban J connectivity index is 2.24. The summed E-state index contributed by atoms with van der Waals surface area (Å²) >= 11 is 3.21. The van der Waals surface area contributed by atoms with Crippen molar-refractivity contribution < 1.29 is 4.42 Å². The Morgan fingerprint density at radius 2 is 2.36 bits per heavy atom. The molecule has 74 valence electrons. The van der Waals surface area contributed by atoms with Crippen LogP contribution in [0.15, 0.2) is 21.2 Å². The zero-order valence-electron chi connectivity index (χ0n) is 7.33. The second-order valence-electron chi connectivity index (χ2n) is 2.75. The van der Waals surface area contributed by atoms with Crippen molar-refractivity contribution >= 4 is 15.9 Å². The van der Waals surface area contributed by atoms with Gasteiger partial charge in [0.25, 0.3) is 0 Å². The minimum atomic E-state index is 0.552. The van der Waals surface area contributed by atoms with Crippen LogP contribution in [0.3, 0.4) is 0 Å². The summed E-state index contributed by atoms with van der Waals surface area (Å²) in [5.74, 6) is 1.96. The lowest BCUT2D eigenvalue weighted by atomic mass is 10.4. The summed E-state index contributed by atoms with van der Waals surface area (Å²) in [5, 5.41) is 6.81. The maximum Gasteiger partial charge on any atom is 0.216 e. The SMILES string of the molecule is NCCc1nc(-c2ccc(Br)o2)n[nH]1. The second kappa shape index (κ2) is 3.93. The van der Waals surface area contributed by atoms with Crippen LogP contribution in [0, 0.1) is 0 Å². The van der Waals surface area contributed by atoms with E-state index in [4.69, 9.17) is 10.2 Å². The van der Waals surface area contributed by atoms with Gasteiger partial charge in [-0.05, 0) is 34.6 Å². The van der Waals surface area contributed by atoms with Crippen LogP contribution in [0.25, 0.3) is 11.6 Å². The largest absolute Gasteiger partial charge is 0.446 e. The molecule has 2 aromatic rings. The zero-order chi connectivity index (χ0) is 9.97. The number of aromatic nitrogens is 3. The van der Waals surface area contributed by atoms with E-state index in [9.17, 15) is 0 Å². The lowest BCUT2D eigenvalue weighted by Gasteiger charge is -1.87. The van der Waals surface area contributed by atoms with Crippen molar-refractivity contribution in [3.8, 4) is 11.6 Å². The minimum Gasteiger partial charge on any atom is -0.446 e. The number of nitrogens with two attached hydrogens (primary N) is 1. The van der Waals surface area contributed by atoms with Crippen LogP contribution >= 0.6 is 15.9 Å². The summed E-state index contributed by atoms with van der Waals surface area (Å²) in [4.78, 5) is 4.22. The van der Waals surface area contributed by atoms with Crippen molar-refractivity contribution in [1.82, 2.24) is 15.2 Å². The minimum absolute atomic E-state index is 0.552. The van der Waals surface area contributed by atoms with E-state index in [2.05, 4.69) is 31.1 Å². The number of nitrogens with zero attached hydrogens (tertiary/aromatic N) is 2. The molecule has 0 aromatic carbocycles. The third-order valence-electron chi connectivity index (χ3n) is 1.71. The van der Waals surface area contributed by atoms with Gasteiger partial charge in [-0.1, -0.05) is 0 Å². The van der Waals surface area contributed by atoms with Gasteiger partial charge in [0.1, 0.15) is 5.82 Å². The van der Waals surface area contributed by atoms with Crippen molar-refractivity contribution in [3.05, 3.63) is 22.6 Å². The molecule has 0 fully saturated rings. The summed E-state index contributed by atoms with van der Waals surface area (Å²) in [7, 11) is 0. The van der Waals surface area contributed by atoms with Crippen molar-refractivity contribution in [3.63, 3.8) is 0 Å². The average Bonchev–Trinajstić information content (AvgIpc) is 2.74. The molecule has 2 rings (SSSR count). The average molecular weight is 257 g/mol. The zero-order valence-corrected chi connectivity index (χ0v) is 8.91. The van der Waals surface area contributed by atoms with Gasteiger partial charge >= 0.3 is 0 Å². The van der Waals surface area contributed by atoms with Gasteiger partial charge in [-0.3, -0.25) is 5.10 Å². The molecule has 0 saturated heterocycles. The van der Waals surface area contributed by atoms with E-state index >= 15 is 0 Å². The predicted octanol–water partition coefficient (Wildman–Crippen LogP) is 1.33. The van der Waals surface area contributed by atoms with Crippen LogP contribution in [0.2, 0.25) is 0 Å². The van der Waals surface area contributed by atoms with Crippen molar-refractivity contribution in [2.24, 2.45) is 5.73 Å². The Morgan fingerprint density at radius 3 is 3.00 bits per heavy atom. The highest BCUT2D eigenvalue weighted by molar-refractivity contribution is 9.10. The van der Waals surface area contributed by atoms with E-state index in [-0.39, 0.29) is 0 Å². The highest BCUT2D eigenvalue weighted by atomic mass is 79.9. The molecule has 0 atom stereocenters. The topological polar surface area (TPSA) is 80.7 Å². The lowest BCUT2D eigenvalue weighted by molar-refractivity contribution is 0.551. The third-order valence-corrected chi connectivity index (χ3v) is 2.13. The molecule has 0 aliphatic heterocycles. The maximum atomic E-state index is 5.39. The first-order valence-electron chi connectivity index (χ1n) is 4.16. The number of hydrogen-bond donors (Lipinski definition) is 2. The Labute approximate surface area is 88.8 Å². The van der Waals surface area contributed by atoms with Crippen LogP contribution in [0.5, 0.6) is 0 Å². The first-order chi connectivity index (χ1) is 6.79. The number of H-pyrrole nitrogens is 1. The summed E-state index contributed by atoms with van der Waals surface area (Å²) in [6, 6.07) is 3.60. The molecule has 0 bridgehead atoms. The Hall–Kier alpha value is -1.14. The highest BCUT2D eigenvalue weighted by Gasteiger charge is 2.08. The number of hydrogen-bond acceptors (Lipinski definition) is 4. The molecule has 6 heteroatoms. The van der Waals surface area contributed by atoms with Crippen LogP contribution in [-0.2, 0) is 6.42 Å². The summed E-state index contributed by atoms with van der Waals surface area (Å²) in [5.41, 5.74) is 5.39. The van der Waals surface area contributed by atoms with Gasteiger partial charge in [-0.15, -0.1) is 0 Å². The predicted molar refractivity (Wildman–Crippen MR) is 54.5 cm³/mol. The molecule has 0 unspecified atom stereocenters. The molecule has 0 aliphatic carbocycles. The molecule has 0 radical (unpaired) electrons. The summed E-state index contributed by atoms with van der Waals surface area (Å²) in [6.07, 6.45) is 0.689. The maximum absolute atomic E-state index is 5.39. The lowest BCUT2D eigenvalue weighted by Crippen LogP contribution is -2.03. The van der Waals surface area contributed by atoms with Crippen LogP contribution in [0.4, 0.5) is 0 Å². The van der Waals surface area contributed by atoms with E-state index in [0.29, 0.717) is 29.2 Å². The molecule has 3 N–H and O–H groups in total. The van der Waals surface area contributed by atoms with Gasteiger partial charge in [0.15, 0.2) is 10.4 Å². The molecule has 0 aliphatic rings. The summed E-state index contributed by atoms with van der Waals surface area (Å²) in [6.45, 7) is 0.552. The van der Waals surface area contributed by atoms with E-state index in [0.717, 1.165) is 5.82 Å². The summed E-state index contributed by atoms with van der Waals surface area (Å²) < 4.78 is 5.97. The number of aromatic amines is 1. The molecule has 14 heavy (non-hydrogen) atoms. The normalized spacial score (nSPS) is 10.7. The number of nitrogens with one attached hydrogen (secondary N) is 1. The smallest absolute Gasteiger partial charge is 0.216 e. The van der Waals surface area contributed by atoms with Crippen LogP contribution in [-0.4, -0.2) is 21.7 Å². The Kier molecular flexibility index (Phi) is 2.64. The Bertz CT molecular complexity index is 422. The number of halogens is 1. The standard InChI is InChI=1S/C8H9BrN4O/c9-6-2-1-5(14-6)8-11-7(3-4-10)12-13-8/h1-2H,3-4,10H2,(H,11,12,13). The second-order valence-corrected chi connectivity index (χ2v) is 3.53. The van der Waals surface area contributed by atoms with Gasteiger partial charge < -0.3 is 10.2 Å². The number of furan rings is 1. The van der Waals surface area contributed by atoms with E-state index < -0.39 is 0 Å². The van der Waals surface area contributed by atoms with E-state index in [1.54, 1.807) is 12.1 Å². The molecular weight excluding hydrogens is 248 g/mol. The van der Waals surface area contributed by atoms with Gasteiger partial charge in [-0.2, -0.15) is 5.10 Å². The van der Waals surface area contributed by atoms with Crippen molar-refractivity contribution in [1.29, 1.82) is 0 Å². The van der Waals surface area contributed by atoms with Crippen molar-refractivity contribution in [2.45, 2.75) is 6.42 Å². The fourth-order valence-electron chi connectivity index (χ4n) is 1.09. The molecular formula is C8H9BrN4O. The highest BCUT2D eigenvalue weighted by Crippen LogP contribution is 2.21. The molecule has 0 saturated carbocycles. The van der Waals surface area contributed by atoms with E-state index in [1.165, 1.54) is 0 Å². The van der Waals surface area contributed by atoms with Crippen LogP contribution < -0.4 is 5.73 Å².